The number of rotatable bonds is 2. The summed E-state index contributed by atoms with van der Waals surface area (Å²) in [5, 5.41) is 3.85. The minimum Gasteiger partial charge on any atom is -0.334 e. The molecule has 0 saturated heterocycles. The van der Waals surface area contributed by atoms with Crippen molar-refractivity contribution in [2.75, 3.05) is 0 Å². The molecule has 84 valence electrons. The molecule has 2 heterocycles. The van der Waals surface area contributed by atoms with Gasteiger partial charge < -0.3 is 10.3 Å². The van der Waals surface area contributed by atoms with Crippen LogP contribution < -0.4 is 5.73 Å². The van der Waals surface area contributed by atoms with Gasteiger partial charge in [-0.1, -0.05) is 5.16 Å². The van der Waals surface area contributed by atoms with Gasteiger partial charge in [-0.3, -0.25) is 4.98 Å². The number of hydrogen-bond acceptors (Lipinski definition) is 5. The van der Waals surface area contributed by atoms with E-state index in [1.54, 1.807) is 12.4 Å². The van der Waals surface area contributed by atoms with E-state index in [0.29, 0.717) is 11.7 Å². The van der Waals surface area contributed by atoms with Gasteiger partial charge in [-0.05, 0) is 32.4 Å². The maximum atomic E-state index is 5.88. The Morgan fingerprint density at radius 2 is 2.06 bits per heavy atom. The van der Waals surface area contributed by atoms with Gasteiger partial charge in [-0.2, -0.15) is 4.98 Å². The lowest BCUT2D eigenvalue weighted by atomic mass is 10.1. The van der Waals surface area contributed by atoms with Crippen LogP contribution in [0.4, 0.5) is 0 Å². The number of pyridine rings is 1. The van der Waals surface area contributed by atoms with E-state index in [1.807, 2.05) is 26.8 Å². The molecule has 0 fully saturated rings. The van der Waals surface area contributed by atoms with Crippen LogP contribution in [0.3, 0.4) is 0 Å². The largest absolute Gasteiger partial charge is 0.334 e. The van der Waals surface area contributed by atoms with E-state index in [-0.39, 0.29) is 0 Å². The van der Waals surface area contributed by atoms with E-state index < -0.39 is 5.54 Å². The highest BCUT2D eigenvalue weighted by molar-refractivity contribution is 5.52. The van der Waals surface area contributed by atoms with E-state index in [1.165, 1.54) is 0 Å². The monoisotopic (exact) mass is 218 g/mol. The zero-order valence-corrected chi connectivity index (χ0v) is 9.56. The topological polar surface area (TPSA) is 77.8 Å². The highest BCUT2D eigenvalue weighted by Gasteiger charge is 2.21. The molecule has 0 spiro atoms. The average molecular weight is 218 g/mol. The third kappa shape index (κ3) is 2.09. The molecule has 0 radical (unpaired) electrons. The quantitative estimate of drug-likeness (QED) is 0.828. The molecule has 5 nitrogen and oxygen atoms in total. The molecule has 2 aromatic heterocycles. The molecule has 0 unspecified atom stereocenters. The summed E-state index contributed by atoms with van der Waals surface area (Å²) >= 11 is 0. The van der Waals surface area contributed by atoms with Gasteiger partial charge in [0.2, 0.25) is 0 Å². The van der Waals surface area contributed by atoms with Crippen molar-refractivity contribution in [1.82, 2.24) is 15.1 Å². The molecule has 0 aliphatic heterocycles. The standard InChI is InChI=1S/C11H14N4O/c1-7-4-8(6-13-5-7)9-14-10(15-16-9)11(2,3)12/h4-6H,12H2,1-3H3. The van der Waals surface area contributed by atoms with Crippen LogP contribution in [0.2, 0.25) is 0 Å². The van der Waals surface area contributed by atoms with E-state index >= 15 is 0 Å². The minimum atomic E-state index is -0.598. The lowest BCUT2D eigenvalue weighted by Gasteiger charge is -2.11. The summed E-state index contributed by atoms with van der Waals surface area (Å²) in [6, 6.07) is 1.94. The van der Waals surface area contributed by atoms with Crippen LogP contribution in [-0.2, 0) is 5.54 Å². The molecule has 2 N–H and O–H groups in total. The van der Waals surface area contributed by atoms with E-state index in [2.05, 4.69) is 15.1 Å². The van der Waals surface area contributed by atoms with Crippen LogP contribution in [0.5, 0.6) is 0 Å². The van der Waals surface area contributed by atoms with Gasteiger partial charge in [0.1, 0.15) is 0 Å². The Hall–Kier alpha value is -1.75. The van der Waals surface area contributed by atoms with Crippen LogP contribution in [0.1, 0.15) is 25.2 Å². The van der Waals surface area contributed by atoms with Gasteiger partial charge in [0.05, 0.1) is 11.1 Å². The molecule has 2 rings (SSSR count). The fourth-order valence-electron chi connectivity index (χ4n) is 1.27. The average Bonchev–Trinajstić information content (AvgIpc) is 2.65. The predicted octanol–water partition coefficient (Wildman–Crippen LogP) is 1.63. The third-order valence-electron chi connectivity index (χ3n) is 2.12. The molecule has 0 saturated carbocycles. The Morgan fingerprint density at radius 3 is 2.62 bits per heavy atom. The van der Waals surface area contributed by atoms with Crippen LogP contribution in [0.15, 0.2) is 23.0 Å². The maximum Gasteiger partial charge on any atom is 0.259 e. The third-order valence-corrected chi connectivity index (χ3v) is 2.12. The van der Waals surface area contributed by atoms with Gasteiger partial charge in [-0.15, -0.1) is 0 Å². The minimum absolute atomic E-state index is 0.449. The number of nitrogens with zero attached hydrogens (tertiary/aromatic N) is 3. The molecule has 0 bridgehead atoms. The van der Waals surface area contributed by atoms with Crippen molar-refractivity contribution in [3.05, 3.63) is 29.8 Å². The van der Waals surface area contributed by atoms with Gasteiger partial charge >= 0.3 is 0 Å². The molecule has 0 aromatic carbocycles. The van der Waals surface area contributed by atoms with Crippen LogP contribution in [0.25, 0.3) is 11.5 Å². The second-order valence-corrected chi connectivity index (χ2v) is 4.40. The fraction of sp³-hybridized carbons (Fsp3) is 0.364. The SMILES string of the molecule is Cc1cncc(-c2nc(C(C)(C)N)no2)c1. The first-order valence-corrected chi connectivity index (χ1v) is 5.02. The molecule has 0 aliphatic carbocycles. The van der Waals surface area contributed by atoms with Crippen molar-refractivity contribution in [3.8, 4) is 11.5 Å². The van der Waals surface area contributed by atoms with Crippen LogP contribution in [-0.4, -0.2) is 15.1 Å². The predicted molar refractivity (Wildman–Crippen MR) is 59.5 cm³/mol. The zero-order chi connectivity index (χ0) is 11.8. The van der Waals surface area contributed by atoms with Crippen molar-refractivity contribution in [1.29, 1.82) is 0 Å². The first kappa shape index (κ1) is 10.8. The maximum absolute atomic E-state index is 5.88. The summed E-state index contributed by atoms with van der Waals surface area (Å²) in [7, 11) is 0. The number of aromatic nitrogens is 3. The molecular formula is C11H14N4O. The molecule has 0 atom stereocenters. The molecule has 5 heteroatoms. The van der Waals surface area contributed by atoms with Crippen molar-refractivity contribution >= 4 is 0 Å². The van der Waals surface area contributed by atoms with Crippen molar-refractivity contribution in [2.24, 2.45) is 5.73 Å². The Morgan fingerprint density at radius 1 is 1.31 bits per heavy atom. The fourth-order valence-corrected chi connectivity index (χ4v) is 1.27. The number of hydrogen-bond donors (Lipinski definition) is 1. The second kappa shape index (κ2) is 3.68. The van der Waals surface area contributed by atoms with Gasteiger partial charge in [-0.25, -0.2) is 0 Å². The Bertz CT molecular complexity index is 499. The van der Waals surface area contributed by atoms with Crippen LogP contribution >= 0.6 is 0 Å². The Kier molecular flexibility index (Phi) is 2.47. The summed E-state index contributed by atoms with van der Waals surface area (Å²) in [5.74, 6) is 0.939. The first-order valence-electron chi connectivity index (χ1n) is 5.02. The number of aryl methyl sites for hydroxylation is 1. The molecule has 2 aromatic rings. The molecule has 0 amide bonds. The summed E-state index contributed by atoms with van der Waals surface area (Å²) < 4.78 is 5.15. The summed E-state index contributed by atoms with van der Waals surface area (Å²) in [4.78, 5) is 8.32. The number of nitrogens with two attached hydrogens (primary N) is 1. The molecule has 0 aliphatic rings. The molecular weight excluding hydrogens is 204 g/mol. The van der Waals surface area contributed by atoms with Gasteiger partial charge in [0.15, 0.2) is 5.82 Å². The molecule has 16 heavy (non-hydrogen) atoms. The smallest absolute Gasteiger partial charge is 0.259 e. The Labute approximate surface area is 93.7 Å². The van der Waals surface area contributed by atoms with E-state index in [9.17, 15) is 0 Å². The van der Waals surface area contributed by atoms with Crippen molar-refractivity contribution < 1.29 is 4.52 Å². The Balaban J connectivity index is 2.39. The normalized spacial score (nSPS) is 11.8. The van der Waals surface area contributed by atoms with E-state index in [4.69, 9.17) is 10.3 Å². The second-order valence-electron chi connectivity index (χ2n) is 4.40. The first-order chi connectivity index (χ1) is 7.47. The van der Waals surface area contributed by atoms with Gasteiger partial charge in [0, 0.05) is 12.4 Å². The highest BCUT2D eigenvalue weighted by atomic mass is 16.5. The van der Waals surface area contributed by atoms with Crippen molar-refractivity contribution in [2.45, 2.75) is 26.3 Å². The zero-order valence-electron chi connectivity index (χ0n) is 9.56. The van der Waals surface area contributed by atoms with Gasteiger partial charge in [0.25, 0.3) is 5.89 Å². The summed E-state index contributed by atoms with van der Waals surface area (Å²) in [5.41, 5.74) is 7.13. The highest BCUT2D eigenvalue weighted by Crippen LogP contribution is 2.20. The van der Waals surface area contributed by atoms with E-state index in [0.717, 1.165) is 11.1 Å². The summed E-state index contributed by atoms with van der Waals surface area (Å²) in [6.07, 6.45) is 3.46. The lowest BCUT2D eigenvalue weighted by Crippen LogP contribution is -2.30. The summed E-state index contributed by atoms with van der Waals surface area (Å²) in [6.45, 7) is 5.62. The van der Waals surface area contributed by atoms with Crippen LogP contribution in [0, 0.1) is 6.92 Å². The lowest BCUT2D eigenvalue weighted by molar-refractivity contribution is 0.397. The van der Waals surface area contributed by atoms with Crippen molar-refractivity contribution in [3.63, 3.8) is 0 Å².